The minimum Gasteiger partial charge on any atom is -0.328 e. The molecule has 6 heteroatoms. The zero-order chi connectivity index (χ0) is 17.8. The Bertz CT molecular complexity index is 752. The number of hydrogen-bond acceptors (Lipinski definition) is 3. The summed E-state index contributed by atoms with van der Waals surface area (Å²) in [4.78, 5) is 17.1. The molecule has 0 radical (unpaired) electrons. The molecule has 134 valence electrons. The van der Waals surface area contributed by atoms with Crippen molar-refractivity contribution in [1.29, 1.82) is 0 Å². The molecule has 1 aliphatic heterocycles. The summed E-state index contributed by atoms with van der Waals surface area (Å²) in [7, 11) is 0. The van der Waals surface area contributed by atoms with Gasteiger partial charge < -0.3 is 10.6 Å². The van der Waals surface area contributed by atoms with Gasteiger partial charge in [0.1, 0.15) is 5.82 Å². The fourth-order valence-electron chi connectivity index (χ4n) is 3.27. The summed E-state index contributed by atoms with van der Waals surface area (Å²) in [6.45, 7) is 7.13. The van der Waals surface area contributed by atoms with E-state index in [-0.39, 0.29) is 12.1 Å². The van der Waals surface area contributed by atoms with Crippen LogP contribution in [0.2, 0.25) is 0 Å². The summed E-state index contributed by atoms with van der Waals surface area (Å²) in [5.74, 6) is 1.71. The highest BCUT2D eigenvalue weighted by Crippen LogP contribution is 2.24. The largest absolute Gasteiger partial charge is 0.328 e. The van der Waals surface area contributed by atoms with E-state index in [4.69, 9.17) is 0 Å². The number of aromatic nitrogens is 3. The van der Waals surface area contributed by atoms with Crippen LogP contribution in [0.5, 0.6) is 0 Å². The van der Waals surface area contributed by atoms with Crippen LogP contribution in [0.3, 0.4) is 0 Å². The summed E-state index contributed by atoms with van der Waals surface area (Å²) in [6.07, 6.45) is 4.53. The summed E-state index contributed by atoms with van der Waals surface area (Å²) in [5, 5.41) is 10.6. The van der Waals surface area contributed by atoms with E-state index in [9.17, 15) is 4.79 Å². The second-order valence-corrected chi connectivity index (χ2v) is 6.45. The van der Waals surface area contributed by atoms with Gasteiger partial charge in [-0.2, -0.15) is 5.10 Å². The number of carbonyl (C=O) groups is 1. The van der Waals surface area contributed by atoms with Gasteiger partial charge in [-0.1, -0.05) is 32.9 Å². The molecule has 1 atom stereocenters. The van der Waals surface area contributed by atoms with Crippen LogP contribution >= 0.6 is 0 Å². The fourth-order valence-corrected chi connectivity index (χ4v) is 3.27. The van der Waals surface area contributed by atoms with Crippen molar-refractivity contribution in [3.05, 3.63) is 41.0 Å². The number of nitrogens with one attached hydrogen (secondary N) is 2. The molecule has 1 aliphatic rings. The van der Waals surface area contributed by atoms with Gasteiger partial charge in [-0.3, -0.25) is 0 Å². The Hall–Kier alpha value is -2.37. The molecular formula is C19H27N5O. The number of fused-ring (bicyclic) bond motifs is 1. The second-order valence-electron chi connectivity index (χ2n) is 6.45. The van der Waals surface area contributed by atoms with E-state index in [0.29, 0.717) is 0 Å². The van der Waals surface area contributed by atoms with E-state index in [1.165, 1.54) is 5.56 Å². The molecule has 1 aromatic heterocycles. The zero-order valence-electron chi connectivity index (χ0n) is 15.3. The third kappa shape index (κ3) is 3.83. The number of anilines is 1. The fraction of sp³-hybridized carbons (Fsp3) is 0.526. The molecule has 2 heterocycles. The molecule has 0 bridgehead atoms. The lowest BCUT2D eigenvalue weighted by molar-refractivity contribution is 0.244. The van der Waals surface area contributed by atoms with Gasteiger partial charge in [0.25, 0.3) is 0 Å². The van der Waals surface area contributed by atoms with Gasteiger partial charge in [-0.05, 0) is 42.9 Å². The number of benzene rings is 1. The van der Waals surface area contributed by atoms with Gasteiger partial charge in [0.15, 0.2) is 5.82 Å². The maximum Gasteiger partial charge on any atom is 0.319 e. The van der Waals surface area contributed by atoms with Crippen molar-refractivity contribution in [2.24, 2.45) is 0 Å². The molecule has 0 aliphatic carbocycles. The third-order valence-corrected chi connectivity index (χ3v) is 4.75. The van der Waals surface area contributed by atoms with Crippen LogP contribution in [0.1, 0.15) is 62.4 Å². The van der Waals surface area contributed by atoms with Crippen LogP contribution in [0.25, 0.3) is 0 Å². The quantitative estimate of drug-likeness (QED) is 0.872. The Labute approximate surface area is 149 Å². The molecule has 3 rings (SSSR count). The van der Waals surface area contributed by atoms with Gasteiger partial charge >= 0.3 is 6.03 Å². The first kappa shape index (κ1) is 17.5. The predicted octanol–water partition coefficient (Wildman–Crippen LogP) is 3.62. The maximum absolute atomic E-state index is 12.6. The predicted molar refractivity (Wildman–Crippen MR) is 98.7 cm³/mol. The normalized spacial score (nSPS) is 16.4. The van der Waals surface area contributed by atoms with E-state index in [1.54, 1.807) is 0 Å². The molecule has 2 amide bonds. The lowest BCUT2D eigenvalue weighted by atomic mass is 10.1. The van der Waals surface area contributed by atoms with E-state index in [1.807, 2.05) is 11.6 Å². The highest BCUT2D eigenvalue weighted by molar-refractivity contribution is 5.90. The summed E-state index contributed by atoms with van der Waals surface area (Å²) in [5.41, 5.74) is 3.26. The molecular weight excluding hydrogens is 314 g/mol. The second kappa shape index (κ2) is 7.68. The van der Waals surface area contributed by atoms with Gasteiger partial charge in [0, 0.05) is 18.7 Å². The smallest absolute Gasteiger partial charge is 0.319 e. The van der Waals surface area contributed by atoms with Crippen molar-refractivity contribution in [2.75, 3.05) is 5.32 Å². The van der Waals surface area contributed by atoms with Crippen molar-refractivity contribution >= 4 is 11.7 Å². The summed E-state index contributed by atoms with van der Waals surface area (Å²) < 4.78 is 1.93. The molecule has 0 spiro atoms. The molecule has 0 fully saturated rings. The highest BCUT2D eigenvalue weighted by Gasteiger charge is 2.25. The van der Waals surface area contributed by atoms with Crippen molar-refractivity contribution in [3.63, 3.8) is 0 Å². The van der Waals surface area contributed by atoms with Crippen LogP contribution in [-0.2, 0) is 25.8 Å². The molecule has 25 heavy (non-hydrogen) atoms. The topological polar surface area (TPSA) is 71.8 Å². The van der Waals surface area contributed by atoms with Crippen LogP contribution < -0.4 is 10.6 Å². The average Bonchev–Trinajstić information content (AvgIpc) is 3.06. The number of urea groups is 1. The van der Waals surface area contributed by atoms with Crippen LogP contribution in [-0.4, -0.2) is 20.8 Å². The molecule has 1 unspecified atom stereocenters. The first-order valence-electron chi connectivity index (χ1n) is 9.27. The van der Waals surface area contributed by atoms with Crippen molar-refractivity contribution in [2.45, 2.75) is 65.5 Å². The maximum atomic E-state index is 12.6. The highest BCUT2D eigenvalue weighted by atomic mass is 16.2. The molecule has 6 nitrogen and oxygen atoms in total. The number of aryl methyl sites for hydroxylation is 4. The lowest BCUT2D eigenvalue weighted by Gasteiger charge is -2.23. The standard InChI is InChI=1S/C19H27N5O/c1-4-13-9-10-14(5-2)16(12-13)21-19(25)20-15-8-7-11-24-18(15)22-17(6-3)23-24/h9-10,12,15H,4-8,11H2,1-3H3,(H2,20,21,25). The lowest BCUT2D eigenvalue weighted by Crippen LogP contribution is -2.36. The summed E-state index contributed by atoms with van der Waals surface area (Å²) in [6, 6.07) is 6.02. The number of amides is 2. The Morgan fingerprint density at radius 3 is 2.80 bits per heavy atom. The monoisotopic (exact) mass is 341 g/mol. The van der Waals surface area contributed by atoms with Crippen LogP contribution in [0.4, 0.5) is 10.5 Å². The molecule has 0 saturated heterocycles. The molecule has 2 N–H and O–H groups in total. The Kier molecular flexibility index (Phi) is 5.36. The number of rotatable bonds is 5. The Morgan fingerprint density at radius 2 is 2.08 bits per heavy atom. The first-order valence-corrected chi connectivity index (χ1v) is 9.27. The van der Waals surface area contributed by atoms with E-state index < -0.39 is 0 Å². The Balaban J connectivity index is 1.73. The SMILES string of the molecule is CCc1ccc(CC)c(NC(=O)NC2CCCn3nc(CC)nc32)c1. The number of nitrogens with zero attached hydrogens (tertiary/aromatic N) is 3. The number of hydrogen-bond donors (Lipinski definition) is 2. The molecule has 1 aromatic carbocycles. The van der Waals surface area contributed by atoms with Gasteiger partial charge in [-0.15, -0.1) is 0 Å². The minimum atomic E-state index is -0.178. The number of carbonyl (C=O) groups excluding carboxylic acids is 1. The van der Waals surface area contributed by atoms with E-state index in [2.05, 4.69) is 52.8 Å². The minimum absolute atomic E-state index is 0.0824. The van der Waals surface area contributed by atoms with Crippen molar-refractivity contribution in [3.8, 4) is 0 Å². The van der Waals surface area contributed by atoms with Crippen LogP contribution in [0.15, 0.2) is 18.2 Å². The van der Waals surface area contributed by atoms with Crippen molar-refractivity contribution in [1.82, 2.24) is 20.1 Å². The van der Waals surface area contributed by atoms with E-state index >= 15 is 0 Å². The van der Waals surface area contributed by atoms with Crippen LogP contribution in [0, 0.1) is 0 Å². The average molecular weight is 341 g/mol. The Morgan fingerprint density at radius 1 is 1.24 bits per heavy atom. The summed E-state index contributed by atoms with van der Waals surface area (Å²) >= 11 is 0. The molecule has 0 saturated carbocycles. The van der Waals surface area contributed by atoms with Crippen molar-refractivity contribution < 1.29 is 4.79 Å². The van der Waals surface area contributed by atoms with Gasteiger partial charge in [0.05, 0.1) is 6.04 Å². The van der Waals surface area contributed by atoms with Gasteiger partial charge in [-0.25, -0.2) is 14.5 Å². The first-order chi connectivity index (χ1) is 12.1. The third-order valence-electron chi connectivity index (χ3n) is 4.75. The molecule has 2 aromatic rings. The van der Waals surface area contributed by atoms with Gasteiger partial charge in [0.2, 0.25) is 0 Å². The zero-order valence-corrected chi connectivity index (χ0v) is 15.3. The van der Waals surface area contributed by atoms with E-state index in [0.717, 1.165) is 61.5 Å².